The molecule has 22 heavy (non-hydrogen) atoms. The Hall–Kier alpha value is -1.69. The van der Waals surface area contributed by atoms with Crippen molar-refractivity contribution >= 4 is 23.6 Å². The monoisotopic (exact) mass is 315 g/mol. The van der Waals surface area contributed by atoms with Crippen LogP contribution in [0, 0.1) is 0 Å². The molecule has 0 amide bonds. The summed E-state index contributed by atoms with van der Waals surface area (Å²) in [6.45, 7) is 5.30. The molecule has 0 spiro atoms. The zero-order valence-corrected chi connectivity index (χ0v) is 13.3. The fourth-order valence-electron chi connectivity index (χ4n) is 2.80. The van der Waals surface area contributed by atoms with Crippen LogP contribution in [0.3, 0.4) is 0 Å². The Morgan fingerprint density at radius 2 is 1.59 bits per heavy atom. The number of anilines is 2. The highest BCUT2D eigenvalue weighted by atomic mass is 32.2. The number of piperazine rings is 1. The summed E-state index contributed by atoms with van der Waals surface area (Å²) in [5.74, 6) is 0. The summed E-state index contributed by atoms with van der Waals surface area (Å²) in [6, 6.07) is 18.8. The highest BCUT2D eigenvalue weighted by Crippen LogP contribution is 2.21. The van der Waals surface area contributed by atoms with Crippen LogP contribution in [-0.4, -0.2) is 35.6 Å². The summed E-state index contributed by atoms with van der Waals surface area (Å²) < 4.78 is 11.6. The maximum Gasteiger partial charge on any atom is 0.108 e. The van der Waals surface area contributed by atoms with Gasteiger partial charge in [-0.2, -0.15) is 0 Å². The molecule has 0 atom stereocenters. The minimum Gasteiger partial charge on any atom is -0.369 e. The van der Waals surface area contributed by atoms with Crippen molar-refractivity contribution in [2.45, 2.75) is 6.54 Å². The molecule has 0 saturated carbocycles. The highest BCUT2D eigenvalue weighted by Gasteiger charge is 2.17. The minimum atomic E-state index is 0.627. The summed E-state index contributed by atoms with van der Waals surface area (Å²) in [6.07, 6.45) is 0. The Balaban J connectivity index is 1.53. The number of rotatable bonds is 5. The molecule has 0 unspecified atom stereocenters. The topological polar surface area (TPSA) is 38.7 Å². The van der Waals surface area contributed by atoms with Gasteiger partial charge in [-0.1, -0.05) is 30.3 Å². The number of hydrogen-bond donors (Lipinski definition) is 2. The van der Waals surface area contributed by atoms with Crippen molar-refractivity contribution in [3.8, 4) is 0 Å². The third-order valence-corrected chi connectivity index (χ3v) is 4.34. The van der Waals surface area contributed by atoms with Gasteiger partial charge >= 0.3 is 0 Å². The van der Waals surface area contributed by atoms with E-state index in [1.165, 1.54) is 11.3 Å². The SMILES string of the molecule is OSNc1ccc(N2CCN(Cc3ccccc3)CC2)cc1. The third kappa shape index (κ3) is 3.94. The van der Waals surface area contributed by atoms with Gasteiger partial charge in [0, 0.05) is 44.1 Å². The van der Waals surface area contributed by atoms with Crippen molar-refractivity contribution < 1.29 is 4.55 Å². The van der Waals surface area contributed by atoms with Gasteiger partial charge in [0.25, 0.3) is 0 Å². The van der Waals surface area contributed by atoms with Crippen molar-refractivity contribution in [1.82, 2.24) is 4.90 Å². The third-order valence-electron chi connectivity index (χ3n) is 4.02. The first kappa shape index (κ1) is 15.2. The van der Waals surface area contributed by atoms with Gasteiger partial charge in [-0.3, -0.25) is 4.90 Å². The molecule has 1 aliphatic heterocycles. The summed E-state index contributed by atoms with van der Waals surface area (Å²) in [7, 11) is 0. The Morgan fingerprint density at radius 3 is 2.23 bits per heavy atom. The lowest BCUT2D eigenvalue weighted by atomic mass is 10.2. The minimum absolute atomic E-state index is 0.627. The second kappa shape index (κ2) is 7.54. The Labute approximate surface area is 136 Å². The number of benzene rings is 2. The smallest absolute Gasteiger partial charge is 0.108 e. The van der Waals surface area contributed by atoms with E-state index in [4.69, 9.17) is 4.55 Å². The largest absolute Gasteiger partial charge is 0.369 e. The molecule has 2 aromatic carbocycles. The van der Waals surface area contributed by atoms with E-state index in [9.17, 15) is 0 Å². The molecule has 2 N–H and O–H groups in total. The number of nitrogens with zero attached hydrogens (tertiary/aromatic N) is 2. The first-order valence-electron chi connectivity index (χ1n) is 7.53. The normalized spacial score (nSPS) is 15.8. The zero-order chi connectivity index (χ0) is 15.2. The molecule has 2 aromatic rings. The van der Waals surface area contributed by atoms with Gasteiger partial charge in [-0.05, 0) is 29.8 Å². The molecule has 0 radical (unpaired) electrons. The molecule has 1 heterocycles. The van der Waals surface area contributed by atoms with Crippen LogP contribution < -0.4 is 9.62 Å². The van der Waals surface area contributed by atoms with Crippen LogP contribution in [0.4, 0.5) is 11.4 Å². The first-order chi connectivity index (χ1) is 10.8. The van der Waals surface area contributed by atoms with Gasteiger partial charge in [-0.15, -0.1) is 0 Å². The lowest BCUT2D eigenvalue weighted by Crippen LogP contribution is -2.45. The van der Waals surface area contributed by atoms with Gasteiger partial charge < -0.3 is 14.2 Å². The van der Waals surface area contributed by atoms with Crippen molar-refractivity contribution in [1.29, 1.82) is 0 Å². The molecule has 1 aliphatic rings. The molecule has 0 aromatic heterocycles. The van der Waals surface area contributed by atoms with E-state index in [0.717, 1.165) is 38.4 Å². The maximum absolute atomic E-state index is 8.78. The van der Waals surface area contributed by atoms with Gasteiger partial charge in [0.15, 0.2) is 0 Å². The molecule has 5 heteroatoms. The van der Waals surface area contributed by atoms with Crippen LogP contribution in [0.2, 0.25) is 0 Å². The molecule has 1 saturated heterocycles. The number of hydrogen-bond acceptors (Lipinski definition) is 5. The Morgan fingerprint density at radius 1 is 0.909 bits per heavy atom. The molecule has 0 bridgehead atoms. The van der Waals surface area contributed by atoms with Gasteiger partial charge in [0.05, 0.1) is 0 Å². The van der Waals surface area contributed by atoms with E-state index in [0.29, 0.717) is 12.2 Å². The lowest BCUT2D eigenvalue weighted by molar-refractivity contribution is 0.250. The van der Waals surface area contributed by atoms with Crippen molar-refractivity contribution in [3.63, 3.8) is 0 Å². The lowest BCUT2D eigenvalue weighted by Gasteiger charge is -2.36. The summed E-state index contributed by atoms with van der Waals surface area (Å²) in [5, 5.41) is 0. The average molecular weight is 315 g/mol. The molecule has 3 rings (SSSR count). The predicted molar refractivity (Wildman–Crippen MR) is 94.2 cm³/mol. The van der Waals surface area contributed by atoms with Crippen molar-refractivity contribution in [2.75, 3.05) is 35.8 Å². The van der Waals surface area contributed by atoms with E-state index < -0.39 is 0 Å². The van der Waals surface area contributed by atoms with Crippen molar-refractivity contribution in [3.05, 3.63) is 60.2 Å². The van der Waals surface area contributed by atoms with Crippen molar-refractivity contribution in [2.24, 2.45) is 0 Å². The van der Waals surface area contributed by atoms with Crippen LogP contribution in [0.15, 0.2) is 54.6 Å². The maximum atomic E-state index is 8.78. The van der Waals surface area contributed by atoms with Crippen LogP contribution in [0.5, 0.6) is 0 Å². The molecule has 1 fully saturated rings. The van der Waals surface area contributed by atoms with E-state index in [-0.39, 0.29) is 0 Å². The second-order valence-electron chi connectivity index (χ2n) is 5.49. The Kier molecular flexibility index (Phi) is 5.21. The quantitative estimate of drug-likeness (QED) is 0.652. The fraction of sp³-hybridized carbons (Fsp3) is 0.294. The van der Waals surface area contributed by atoms with E-state index in [1.54, 1.807) is 0 Å². The van der Waals surface area contributed by atoms with Crippen LogP contribution >= 0.6 is 12.2 Å². The highest BCUT2D eigenvalue weighted by molar-refractivity contribution is 7.95. The van der Waals surface area contributed by atoms with Crippen LogP contribution in [-0.2, 0) is 6.54 Å². The second-order valence-corrected chi connectivity index (χ2v) is 5.88. The molecule has 0 aliphatic carbocycles. The Bertz CT molecular complexity index is 568. The van der Waals surface area contributed by atoms with E-state index in [1.807, 2.05) is 12.1 Å². The average Bonchev–Trinajstić information content (AvgIpc) is 2.58. The van der Waals surface area contributed by atoms with Crippen LogP contribution in [0.25, 0.3) is 0 Å². The first-order valence-corrected chi connectivity index (χ1v) is 8.30. The van der Waals surface area contributed by atoms with Gasteiger partial charge in [0.1, 0.15) is 12.2 Å². The summed E-state index contributed by atoms with van der Waals surface area (Å²) >= 11 is 0.627. The summed E-state index contributed by atoms with van der Waals surface area (Å²) in [4.78, 5) is 4.92. The predicted octanol–water partition coefficient (Wildman–Crippen LogP) is 3.54. The van der Waals surface area contributed by atoms with E-state index in [2.05, 4.69) is 57.0 Å². The molecular weight excluding hydrogens is 294 g/mol. The fourth-order valence-corrected chi connectivity index (χ4v) is 3.04. The van der Waals surface area contributed by atoms with Gasteiger partial charge in [-0.25, -0.2) is 0 Å². The van der Waals surface area contributed by atoms with Gasteiger partial charge in [0.2, 0.25) is 0 Å². The number of nitrogens with one attached hydrogen (secondary N) is 1. The molecular formula is C17H21N3OS. The molecule has 116 valence electrons. The van der Waals surface area contributed by atoms with Crippen LogP contribution in [0.1, 0.15) is 5.56 Å². The standard InChI is InChI=1S/C17H21N3OS/c21-22-18-16-6-8-17(9-7-16)20-12-10-19(11-13-20)14-15-4-2-1-3-5-15/h1-9,18,21H,10-14H2. The zero-order valence-electron chi connectivity index (χ0n) is 12.5. The van der Waals surface area contributed by atoms with E-state index >= 15 is 0 Å². The summed E-state index contributed by atoms with van der Waals surface area (Å²) in [5.41, 5.74) is 3.54. The molecule has 4 nitrogen and oxygen atoms in total.